The van der Waals surface area contributed by atoms with Crippen molar-refractivity contribution in [3.63, 3.8) is 0 Å². The van der Waals surface area contributed by atoms with Gasteiger partial charge in [0.15, 0.2) is 5.65 Å². The number of nitrogens with zero attached hydrogens (tertiary/aromatic N) is 5. The zero-order valence-electron chi connectivity index (χ0n) is 14.2. The summed E-state index contributed by atoms with van der Waals surface area (Å²) in [5.74, 6) is 2.67. The number of pyridine rings is 1. The van der Waals surface area contributed by atoms with Gasteiger partial charge in [0.2, 0.25) is 11.8 Å². The van der Waals surface area contributed by atoms with Gasteiger partial charge in [-0.3, -0.25) is 14.0 Å². The summed E-state index contributed by atoms with van der Waals surface area (Å²) < 4.78 is 2.03. The van der Waals surface area contributed by atoms with Crippen LogP contribution in [0.1, 0.15) is 31.5 Å². The summed E-state index contributed by atoms with van der Waals surface area (Å²) in [4.78, 5) is 28.1. The summed E-state index contributed by atoms with van der Waals surface area (Å²) in [6.07, 6.45) is 3.74. The largest absolute Gasteiger partial charge is 0.341 e. The molecule has 0 N–H and O–H groups in total. The molecule has 1 atom stereocenters. The molecule has 4 rings (SSSR count). The molecule has 0 radical (unpaired) electrons. The lowest BCUT2D eigenvalue weighted by Gasteiger charge is -2.34. The van der Waals surface area contributed by atoms with Crippen LogP contribution >= 0.6 is 11.8 Å². The highest BCUT2D eigenvalue weighted by atomic mass is 32.2. The molecule has 2 aliphatic rings. The minimum Gasteiger partial charge on any atom is -0.341 e. The number of carbonyl (C=O) groups is 2. The number of amides is 2. The molecular weight excluding hydrogens is 338 g/mol. The first kappa shape index (κ1) is 16.4. The normalized spacial score (nSPS) is 21.9. The van der Waals surface area contributed by atoms with E-state index in [0.29, 0.717) is 30.6 Å². The van der Waals surface area contributed by atoms with E-state index in [1.165, 1.54) is 6.92 Å². The third kappa shape index (κ3) is 2.99. The maximum absolute atomic E-state index is 12.8. The molecule has 8 heteroatoms. The molecule has 25 heavy (non-hydrogen) atoms. The maximum atomic E-state index is 12.8. The van der Waals surface area contributed by atoms with E-state index in [4.69, 9.17) is 0 Å². The van der Waals surface area contributed by atoms with Crippen LogP contribution in [0.4, 0.5) is 0 Å². The number of thioether (sulfide) groups is 1. The molecule has 2 aromatic heterocycles. The lowest BCUT2D eigenvalue weighted by Crippen LogP contribution is -2.50. The molecule has 0 aromatic carbocycles. The van der Waals surface area contributed by atoms with Gasteiger partial charge in [-0.1, -0.05) is 6.07 Å². The van der Waals surface area contributed by atoms with Gasteiger partial charge in [0, 0.05) is 37.9 Å². The van der Waals surface area contributed by atoms with Crippen molar-refractivity contribution in [1.82, 2.24) is 24.4 Å². The van der Waals surface area contributed by atoms with Crippen molar-refractivity contribution in [3.05, 3.63) is 30.2 Å². The zero-order chi connectivity index (χ0) is 17.4. The first-order valence-corrected chi connectivity index (χ1v) is 9.74. The fourth-order valence-electron chi connectivity index (χ4n) is 3.66. The molecule has 1 unspecified atom stereocenters. The molecule has 2 aliphatic heterocycles. The van der Waals surface area contributed by atoms with E-state index in [-0.39, 0.29) is 17.9 Å². The van der Waals surface area contributed by atoms with Crippen molar-refractivity contribution < 1.29 is 9.59 Å². The van der Waals surface area contributed by atoms with E-state index < -0.39 is 0 Å². The molecule has 0 spiro atoms. The number of hydrogen-bond acceptors (Lipinski definition) is 5. The molecule has 0 saturated carbocycles. The number of fused-ring (bicyclic) bond motifs is 1. The summed E-state index contributed by atoms with van der Waals surface area (Å²) >= 11 is 1.65. The molecular formula is C17H21N5O2S. The van der Waals surface area contributed by atoms with Crippen molar-refractivity contribution in [3.8, 4) is 0 Å². The van der Waals surface area contributed by atoms with E-state index in [9.17, 15) is 9.59 Å². The smallest absolute Gasteiger partial charge is 0.246 e. The van der Waals surface area contributed by atoms with E-state index in [2.05, 4.69) is 10.2 Å². The molecule has 0 aliphatic carbocycles. The van der Waals surface area contributed by atoms with Gasteiger partial charge in [0.25, 0.3) is 0 Å². The maximum Gasteiger partial charge on any atom is 0.246 e. The van der Waals surface area contributed by atoms with Crippen LogP contribution in [0.3, 0.4) is 0 Å². The second-order valence-corrected chi connectivity index (χ2v) is 7.59. The third-order valence-corrected chi connectivity index (χ3v) is 6.10. The highest BCUT2D eigenvalue weighted by molar-refractivity contribution is 7.99. The number of hydrogen-bond donors (Lipinski definition) is 0. The molecule has 132 valence electrons. The van der Waals surface area contributed by atoms with Gasteiger partial charge in [-0.2, -0.15) is 0 Å². The molecule has 2 amide bonds. The van der Waals surface area contributed by atoms with E-state index in [0.717, 1.165) is 24.3 Å². The highest BCUT2D eigenvalue weighted by Gasteiger charge is 2.37. The number of aromatic nitrogens is 3. The van der Waals surface area contributed by atoms with Gasteiger partial charge in [-0.15, -0.1) is 22.0 Å². The monoisotopic (exact) mass is 359 g/mol. The molecule has 2 aromatic rings. The average molecular weight is 359 g/mol. The van der Waals surface area contributed by atoms with Crippen molar-refractivity contribution in [2.45, 2.75) is 31.7 Å². The number of carbonyl (C=O) groups excluding carboxylic acids is 2. The first-order chi connectivity index (χ1) is 12.1. The van der Waals surface area contributed by atoms with Crippen LogP contribution in [0.2, 0.25) is 0 Å². The summed E-state index contributed by atoms with van der Waals surface area (Å²) in [5.41, 5.74) is 0.857. The standard InChI is InChI=1S/C17H21N5O2S/c1-12(23)22-11-25-10-14(22)17(24)20-8-5-13(6-9-20)16-19-18-15-4-2-3-7-21(15)16/h2-4,7,13-14H,5-6,8-11H2,1H3. The zero-order valence-corrected chi connectivity index (χ0v) is 15.0. The van der Waals surface area contributed by atoms with Gasteiger partial charge >= 0.3 is 0 Å². The predicted octanol–water partition coefficient (Wildman–Crippen LogP) is 1.36. The minimum absolute atomic E-state index is 0.0202. The van der Waals surface area contributed by atoms with Gasteiger partial charge in [0.1, 0.15) is 11.9 Å². The Morgan fingerprint density at radius 2 is 2.00 bits per heavy atom. The fourth-order valence-corrected chi connectivity index (χ4v) is 4.87. The first-order valence-electron chi connectivity index (χ1n) is 8.58. The van der Waals surface area contributed by atoms with E-state index in [1.54, 1.807) is 16.7 Å². The topological polar surface area (TPSA) is 70.8 Å². The quantitative estimate of drug-likeness (QED) is 0.810. The molecule has 7 nitrogen and oxygen atoms in total. The van der Waals surface area contributed by atoms with Crippen molar-refractivity contribution >= 4 is 29.2 Å². The number of likely N-dealkylation sites (tertiary alicyclic amines) is 1. The van der Waals surface area contributed by atoms with Crippen LogP contribution in [-0.4, -0.2) is 67.0 Å². The van der Waals surface area contributed by atoms with Gasteiger partial charge < -0.3 is 9.80 Å². The molecule has 0 bridgehead atoms. The van der Waals surface area contributed by atoms with Crippen molar-refractivity contribution in [1.29, 1.82) is 0 Å². The van der Waals surface area contributed by atoms with Crippen LogP contribution in [0, 0.1) is 0 Å². The van der Waals surface area contributed by atoms with Gasteiger partial charge in [-0.25, -0.2) is 0 Å². The molecule has 4 heterocycles. The SMILES string of the molecule is CC(=O)N1CSCC1C(=O)N1CCC(c2nnc3ccccn23)CC1. The van der Waals surface area contributed by atoms with Crippen LogP contribution in [0.25, 0.3) is 5.65 Å². The van der Waals surface area contributed by atoms with E-state index >= 15 is 0 Å². The van der Waals surface area contributed by atoms with Crippen LogP contribution < -0.4 is 0 Å². The molecule has 2 fully saturated rings. The van der Waals surface area contributed by atoms with Crippen LogP contribution in [-0.2, 0) is 9.59 Å². The Morgan fingerprint density at radius 3 is 2.76 bits per heavy atom. The Kier molecular flexibility index (Phi) is 4.37. The number of rotatable bonds is 2. The van der Waals surface area contributed by atoms with Gasteiger partial charge in [-0.05, 0) is 25.0 Å². The summed E-state index contributed by atoms with van der Waals surface area (Å²) in [7, 11) is 0. The second-order valence-electron chi connectivity index (χ2n) is 6.59. The Bertz CT molecular complexity index is 799. The Hall–Kier alpha value is -2.09. The summed E-state index contributed by atoms with van der Waals surface area (Å²) in [6.45, 7) is 2.95. The predicted molar refractivity (Wildman–Crippen MR) is 95.2 cm³/mol. The van der Waals surface area contributed by atoms with Crippen LogP contribution in [0.5, 0.6) is 0 Å². The van der Waals surface area contributed by atoms with E-state index in [1.807, 2.05) is 33.7 Å². The number of piperidine rings is 1. The summed E-state index contributed by atoms with van der Waals surface area (Å²) in [6, 6.07) is 5.58. The fraction of sp³-hybridized carbons (Fsp3) is 0.529. The van der Waals surface area contributed by atoms with Gasteiger partial charge in [0.05, 0.1) is 5.88 Å². The molecule has 2 saturated heterocycles. The Labute approximate surface area is 150 Å². The summed E-state index contributed by atoms with van der Waals surface area (Å²) in [5, 5.41) is 8.58. The minimum atomic E-state index is -0.298. The van der Waals surface area contributed by atoms with Crippen molar-refractivity contribution in [2.75, 3.05) is 24.7 Å². The average Bonchev–Trinajstić information content (AvgIpc) is 3.28. The second kappa shape index (κ2) is 6.67. The lowest BCUT2D eigenvalue weighted by molar-refractivity contribution is -0.143. The van der Waals surface area contributed by atoms with Crippen LogP contribution in [0.15, 0.2) is 24.4 Å². The van der Waals surface area contributed by atoms with Crippen molar-refractivity contribution in [2.24, 2.45) is 0 Å². The lowest BCUT2D eigenvalue weighted by atomic mass is 9.95. The Balaban J connectivity index is 1.43. The Morgan fingerprint density at radius 1 is 1.20 bits per heavy atom. The third-order valence-electron chi connectivity index (χ3n) is 5.08. The highest BCUT2D eigenvalue weighted by Crippen LogP contribution is 2.29.